The Morgan fingerprint density at radius 2 is 1.68 bits per heavy atom. The molecule has 1 N–H and O–H groups in total. The van der Waals surface area contributed by atoms with E-state index in [1.54, 1.807) is 7.11 Å². The van der Waals surface area contributed by atoms with Crippen LogP contribution in [0.15, 0.2) is 48.5 Å². The van der Waals surface area contributed by atoms with Gasteiger partial charge >= 0.3 is 0 Å². The van der Waals surface area contributed by atoms with Gasteiger partial charge in [0.1, 0.15) is 17.8 Å². The van der Waals surface area contributed by atoms with Crippen molar-refractivity contribution < 1.29 is 14.3 Å². The fourth-order valence-electron chi connectivity index (χ4n) is 3.82. The molecule has 0 spiro atoms. The second-order valence-electron chi connectivity index (χ2n) is 7.94. The van der Waals surface area contributed by atoms with Gasteiger partial charge in [-0.3, -0.25) is 4.90 Å². The SMILES string of the molecule is COc1cccc(CCNCc2cccc(OCCCN3CCN(CC=O)CC3)c2)c1. The first kappa shape index (κ1) is 23.3. The molecule has 2 aromatic rings. The average Bonchev–Trinajstić information content (AvgIpc) is 2.81. The van der Waals surface area contributed by atoms with Gasteiger partial charge in [-0.15, -0.1) is 0 Å². The minimum Gasteiger partial charge on any atom is -0.497 e. The van der Waals surface area contributed by atoms with Gasteiger partial charge in [-0.05, 0) is 54.8 Å². The summed E-state index contributed by atoms with van der Waals surface area (Å²) in [6, 6.07) is 16.5. The van der Waals surface area contributed by atoms with E-state index in [9.17, 15) is 4.79 Å². The topological polar surface area (TPSA) is 54.0 Å². The maximum atomic E-state index is 10.6. The maximum Gasteiger partial charge on any atom is 0.133 e. The largest absolute Gasteiger partial charge is 0.497 e. The number of nitrogens with zero attached hydrogens (tertiary/aromatic N) is 2. The minimum absolute atomic E-state index is 0.559. The standard InChI is InChI=1S/C25H35N3O3/c1-30-24-7-2-5-22(19-24)9-10-26-21-23-6-3-8-25(20-23)31-18-4-11-27-12-14-28(15-13-27)16-17-29/h2-3,5-8,17,19-20,26H,4,9-16,18,21H2,1H3. The van der Waals surface area contributed by atoms with Crippen molar-refractivity contribution >= 4 is 6.29 Å². The number of hydrogen-bond acceptors (Lipinski definition) is 6. The third kappa shape index (κ3) is 8.32. The first-order valence-corrected chi connectivity index (χ1v) is 11.2. The lowest BCUT2D eigenvalue weighted by atomic mass is 10.1. The van der Waals surface area contributed by atoms with Gasteiger partial charge in [-0.2, -0.15) is 0 Å². The van der Waals surface area contributed by atoms with E-state index >= 15 is 0 Å². The van der Waals surface area contributed by atoms with Crippen LogP contribution in [0.25, 0.3) is 0 Å². The molecule has 0 bridgehead atoms. The third-order valence-electron chi connectivity index (χ3n) is 5.64. The number of methoxy groups -OCH3 is 1. The lowest BCUT2D eigenvalue weighted by Gasteiger charge is -2.33. The summed E-state index contributed by atoms with van der Waals surface area (Å²) in [7, 11) is 1.70. The van der Waals surface area contributed by atoms with E-state index < -0.39 is 0 Å². The molecule has 0 amide bonds. The average molecular weight is 426 g/mol. The Bertz CT molecular complexity index is 791. The molecule has 2 aromatic carbocycles. The van der Waals surface area contributed by atoms with E-state index in [-0.39, 0.29) is 0 Å². The highest BCUT2D eigenvalue weighted by atomic mass is 16.5. The second kappa shape index (κ2) is 13.1. The molecule has 1 fully saturated rings. The Hall–Kier alpha value is -2.41. The van der Waals surface area contributed by atoms with Gasteiger partial charge in [0.05, 0.1) is 20.3 Å². The van der Waals surface area contributed by atoms with Crippen LogP contribution in [-0.2, 0) is 17.8 Å². The highest BCUT2D eigenvalue weighted by molar-refractivity contribution is 5.51. The Morgan fingerprint density at radius 1 is 0.968 bits per heavy atom. The highest BCUT2D eigenvalue weighted by Crippen LogP contribution is 2.15. The van der Waals surface area contributed by atoms with Crippen LogP contribution in [0, 0.1) is 0 Å². The Kier molecular flexibility index (Phi) is 9.83. The Morgan fingerprint density at radius 3 is 2.45 bits per heavy atom. The fourth-order valence-corrected chi connectivity index (χ4v) is 3.82. The third-order valence-corrected chi connectivity index (χ3v) is 5.64. The van der Waals surface area contributed by atoms with Crippen LogP contribution >= 0.6 is 0 Å². The lowest BCUT2D eigenvalue weighted by Crippen LogP contribution is -2.47. The van der Waals surface area contributed by atoms with E-state index in [1.165, 1.54) is 11.1 Å². The lowest BCUT2D eigenvalue weighted by molar-refractivity contribution is -0.109. The monoisotopic (exact) mass is 425 g/mol. The summed E-state index contributed by atoms with van der Waals surface area (Å²) >= 11 is 0. The van der Waals surface area contributed by atoms with Crippen molar-refractivity contribution in [1.82, 2.24) is 15.1 Å². The van der Waals surface area contributed by atoms with Crippen LogP contribution in [0.4, 0.5) is 0 Å². The van der Waals surface area contributed by atoms with Crippen LogP contribution < -0.4 is 14.8 Å². The van der Waals surface area contributed by atoms with Gasteiger partial charge < -0.3 is 24.5 Å². The zero-order chi connectivity index (χ0) is 21.7. The molecule has 6 nitrogen and oxygen atoms in total. The normalized spacial score (nSPS) is 15.0. The van der Waals surface area contributed by atoms with Crippen LogP contribution in [0.1, 0.15) is 17.5 Å². The molecule has 1 heterocycles. The number of ether oxygens (including phenoxy) is 2. The van der Waals surface area contributed by atoms with Crippen molar-refractivity contribution in [3.63, 3.8) is 0 Å². The maximum absolute atomic E-state index is 10.6. The number of hydrogen-bond donors (Lipinski definition) is 1. The summed E-state index contributed by atoms with van der Waals surface area (Å²) in [6.07, 6.45) is 2.97. The first-order chi connectivity index (χ1) is 15.3. The molecule has 1 aliphatic heterocycles. The van der Waals surface area contributed by atoms with Crippen molar-refractivity contribution in [2.45, 2.75) is 19.4 Å². The van der Waals surface area contributed by atoms with Crippen LogP contribution in [-0.4, -0.2) is 75.6 Å². The summed E-state index contributed by atoms with van der Waals surface area (Å²) in [6.45, 7) is 8.09. The van der Waals surface area contributed by atoms with Crippen molar-refractivity contribution in [2.75, 3.05) is 59.5 Å². The Labute approximate surface area is 186 Å². The van der Waals surface area contributed by atoms with Gasteiger partial charge in [-0.1, -0.05) is 24.3 Å². The zero-order valence-corrected chi connectivity index (χ0v) is 18.6. The predicted octanol–water partition coefficient (Wildman–Crippen LogP) is 2.61. The molecule has 0 radical (unpaired) electrons. The summed E-state index contributed by atoms with van der Waals surface area (Å²) in [5, 5.41) is 3.51. The predicted molar refractivity (Wildman–Crippen MR) is 124 cm³/mol. The molecule has 0 saturated carbocycles. The summed E-state index contributed by atoms with van der Waals surface area (Å²) in [5.41, 5.74) is 2.50. The van der Waals surface area contributed by atoms with Crippen LogP contribution in [0.2, 0.25) is 0 Å². The number of rotatable bonds is 13. The molecule has 3 rings (SSSR count). The van der Waals surface area contributed by atoms with Crippen LogP contribution in [0.5, 0.6) is 11.5 Å². The first-order valence-electron chi connectivity index (χ1n) is 11.2. The number of benzene rings is 2. The molecule has 0 unspecified atom stereocenters. The van der Waals surface area contributed by atoms with Crippen molar-refractivity contribution in [1.29, 1.82) is 0 Å². The van der Waals surface area contributed by atoms with E-state index in [4.69, 9.17) is 9.47 Å². The number of piperazine rings is 1. The molecule has 0 aromatic heterocycles. The summed E-state index contributed by atoms with van der Waals surface area (Å²) in [5.74, 6) is 1.84. The molecule has 6 heteroatoms. The summed E-state index contributed by atoms with van der Waals surface area (Å²) in [4.78, 5) is 15.3. The van der Waals surface area contributed by atoms with Gasteiger partial charge in [0, 0.05) is 39.3 Å². The molecule has 168 valence electrons. The quantitative estimate of drug-likeness (QED) is 0.393. The van der Waals surface area contributed by atoms with E-state index in [1.807, 2.05) is 18.2 Å². The summed E-state index contributed by atoms with van der Waals surface area (Å²) < 4.78 is 11.3. The van der Waals surface area contributed by atoms with Gasteiger partial charge in [0.25, 0.3) is 0 Å². The van der Waals surface area contributed by atoms with Gasteiger partial charge in [0.2, 0.25) is 0 Å². The van der Waals surface area contributed by atoms with Gasteiger partial charge in [-0.25, -0.2) is 0 Å². The minimum atomic E-state index is 0.559. The van der Waals surface area contributed by atoms with Crippen molar-refractivity contribution in [3.05, 3.63) is 59.7 Å². The molecule has 31 heavy (non-hydrogen) atoms. The van der Waals surface area contributed by atoms with Crippen LogP contribution in [0.3, 0.4) is 0 Å². The van der Waals surface area contributed by atoms with E-state index in [0.29, 0.717) is 6.54 Å². The fraction of sp³-hybridized carbons (Fsp3) is 0.480. The molecule has 1 saturated heterocycles. The molecule has 0 aliphatic carbocycles. The molecule has 0 atom stereocenters. The van der Waals surface area contributed by atoms with Gasteiger partial charge in [0.15, 0.2) is 0 Å². The smallest absolute Gasteiger partial charge is 0.133 e. The zero-order valence-electron chi connectivity index (χ0n) is 18.6. The molecular formula is C25H35N3O3. The number of nitrogens with one attached hydrogen (secondary N) is 1. The van der Waals surface area contributed by atoms with E-state index in [0.717, 1.165) is 83.0 Å². The molecule has 1 aliphatic rings. The number of aldehydes is 1. The number of carbonyl (C=O) groups is 1. The number of carbonyl (C=O) groups excluding carboxylic acids is 1. The molecular weight excluding hydrogens is 390 g/mol. The second-order valence-corrected chi connectivity index (χ2v) is 7.94. The van der Waals surface area contributed by atoms with Crippen molar-refractivity contribution in [2.24, 2.45) is 0 Å². The van der Waals surface area contributed by atoms with E-state index in [2.05, 4.69) is 45.4 Å². The highest BCUT2D eigenvalue weighted by Gasteiger charge is 2.15. The Balaban J connectivity index is 1.30. The van der Waals surface area contributed by atoms with Crippen molar-refractivity contribution in [3.8, 4) is 11.5 Å².